The number of non-ortho nitro benzene ring substituents is 1. The third-order valence-electron chi connectivity index (χ3n) is 5.54. The number of carbonyl (C=O) groups excluding carboxylic acids is 1. The normalized spacial score (nSPS) is 14.9. The molecule has 3 aromatic carbocycles. The molecule has 0 radical (unpaired) electrons. The summed E-state index contributed by atoms with van der Waals surface area (Å²) in [5, 5.41) is 14.7. The van der Waals surface area contributed by atoms with Crippen molar-refractivity contribution in [3.8, 4) is 0 Å². The molecule has 1 heterocycles. The largest absolute Gasteiger partial charge is 0.378 e. The van der Waals surface area contributed by atoms with E-state index >= 15 is 0 Å². The summed E-state index contributed by atoms with van der Waals surface area (Å²) in [6.07, 6.45) is 7.79. The topological polar surface area (TPSA) is 95.2 Å². The summed E-state index contributed by atoms with van der Waals surface area (Å²) in [5.41, 5.74) is 2.70. The Morgan fingerprint density at radius 2 is 1.62 bits per heavy atom. The van der Waals surface area contributed by atoms with Gasteiger partial charge in [0.25, 0.3) is 5.69 Å². The second-order valence-corrected chi connectivity index (χ2v) is 7.34. The monoisotopic (exact) mass is 427 g/mol. The third-order valence-corrected chi connectivity index (χ3v) is 5.54. The van der Waals surface area contributed by atoms with Crippen LogP contribution in [0, 0.1) is 10.1 Å². The summed E-state index contributed by atoms with van der Waals surface area (Å²) >= 11 is 0. The van der Waals surface area contributed by atoms with Gasteiger partial charge in [-0.2, -0.15) is 0 Å². The number of nitro groups is 1. The molecule has 1 aromatic heterocycles. The van der Waals surface area contributed by atoms with Crippen molar-refractivity contribution in [1.29, 1.82) is 0 Å². The Hall–Kier alpha value is -3.93. The summed E-state index contributed by atoms with van der Waals surface area (Å²) in [5.74, 6) is 2.07. The first kappa shape index (κ1) is 21.3. The molecule has 1 aliphatic carbocycles. The Kier molecular flexibility index (Phi) is 6.31. The van der Waals surface area contributed by atoms with Crippen molar-refractivity contribution in [2.24, 2.45) is 0 Å². The van der Waals surface area contributed by atoms with Crippen LogP contribution >= 0.6 is 0 Å². The Labute approximate surface area is 184 Å². The van der Waals surface area contributed by atoms with E-state index in [1.807, 2.05) is 31.2 Å². The minimum atomic E-state index is -0.356. The van der Waals surface area contributed by atoms with Crippen LogP contribution in [0.3, 0.4) is 0 Å². The van der Waals surface area contributed by atoms with Gasteiger partial charge in [0.15, 0.2) is 0 Å². The number of ether oxygens (including phenoxy) is 1. The van der Waals surface area contributed by atoms with Gasteiger partial charge in [0.2, 0.25) is 0 Å². The van der Waals surface area contributed by atoms with Gasteiger partial charge >= 0.3 is 0 Å². The zero-order valence-corrected chi connectivity index (χ0v) is 17.5. The van der Waals surface area contributed by atoms with Gasteiger partial charge in [0.05, 0.1) is 16.4 Å². The number of nitro benzene ring substituents is 1. The van der Waals surface area contributed by atoms with E-state index in [1.54, 1.807) is 36.9 Å². The molecule has 0 aliphatic heterocycles. The molecule has 1 aliphatic rings. The molecule has 0 fully saturated rings. The summed E-state index contributed by atoms with van der Waals surface area (Å²) in [6.45, 7) is 2.53. The van der Waals surface area contributed by atoms with Gasteiger partial charge in [-0.3, -0.25) is 20.1 Å². The van der Waals surface area contributed by atoms with Crippen LogP contribution in [-0.2, 0) is 16.0 Å². The zero-order chi connectivity index (χ0) is 22.5. The van der Waals surface area contributed by atoms with Crippen molar-refractivity contribution in [1.82, 2.24) is 9.97 Å². The van der Waals surface area contributed by atoms with Crippen LogP contribution in [0.1, 0.15) is 24.5 Å². The van der Waals surface area contributed by atoms with Gasteiger partial charge < -0.3 is 4.74 Å². The predicted octanol–water partition coefficient (Wildman–Crippen LogP) is 4.94. The third kappa shape index (κ3) is 4.12. The lowest BCUT2D eigenvalue weighted by Gasteiger charge is -2.26. The first-order valence-electron chi connectivity index (χ1n) is 10.3. The summed E-state index contributed by atoms with van der Waals surface area (Å²) < 4.78 is 5.77. The van der Waals surface area contributed by atoms with Crippen molar-refractivity contribution in [3.05, 3.63) is 88.5 Å². The SMILES string of the molecule is CCOC1CC(=C=O)c2ccc3c(ccc4c([N+](=O)[O-])cccc43)c2C1.c1cnccn1. The van der Waals surface area contributed by atoms with Gasteiger partial charge in [-0.05, 0) is 40.3 Å². The lowest BCUT2D eigenvalue weighted by atomic mass is 9.82. The number of hydrogen-bond acceptors (Lipinski definition) is 6. The average Bonchev–Trinajstić information content (AvgIpc) is 2.84. The van der Waals surface area contributed by atoms with E-state index < -0.39 is 0 Å². The Morgan fingerprint density at radius 1 is 0.969 bits per heavy atom. The summed E-state index contributed by atoms with van der Waals surface area (Å²) in [7, 11) is 0. The minimum absolute atomic E-state index is 0.0460. The van der Waals surface area contributed by atoms with Gasteiger partial charge in [0.1, 0.15) is 5.94 Å². The highest BCUT2D eigenvalue weighted by atomic mass is 16.6. The molecule has 0 amide bonds. The molecular formula is C25H21N3O4. The van der Waals surface area contributed by atoms with Crippen LogP contribution in [0.2, 0.25) is 0 Å². The fraction of sp³-hybridized carbons (Fsp3) is 0.200. The van der Waals surface area contributed by atoms with Gasteiger partial charge in [-0.1, -0.05) is 30.3 Å². The molecule has 160 valence electrons. The number of nitrogens with zero attached hydrogens (tertiary/aromatic N) is 3. The molecule has 1 atom stereocenters. The highest BCUT2D eigenvalue weighted by molar-refractivity contribution is 6.12. The van der Waals surface area contributed by atoms with E-state index in [1.165, 1.54) is 6.07 Å². The average molecular weight is 427 g/mol. The number of aromatic nitrogens is 2. The van der Waals surface area contributed by atoms with Crippen molar-refractivity contribution < 1.29 is 14.5 Å². The summed E-state index contributed by atoms with van der Waals surface area (Å²) in [4.78, 5) is 29.9. The molecule has 0 saturated heterocycles. The van der Waals surface area contributed by atoms with Crippen LogP contribution in [0.15, 0.2) is 67.3 Å². The molecule has 7 nitrogen and oxygen atoms in total. The maximum Gasteiger partial charge on any atom is 0.277 e. The van der Waals surface area contributed by atoms with Gasteiger partial charge in [0, 0.05) is 55.9 Å². The smallest absolute Gasteiger partial charge is 0.277 e. The first-order valence-corrected chi connectivity index (χ1v) is 10.3. The van der Waals surface area contributed by atoms with Crippen molar-refractivity contribution in [3.63, 3.8) is 0 Å². The zero-order valence-electron chi connectivity index (χ0n) is 17.5. The Morgan fingerprint density at radius 3 is 2.25 bits per heavy atom. The van der Waals surface area contributed by atoms with Crippen molar-refractivity contribution in [2.75, 3.05) is 6.61 Å². The molecular weight excluding hydrogens is 406 g/mol. The fourth-order valence-electron chi connectivity index (χ4n) is 4.22. The standard InChI is InChI=1S/C21H17NO4.C4H4N2/c1-2-26-14-10-13(12-23)15-6-7-17-16-4-3-5-21(22(24)25)19(16)9-8-18(17)20(15)11-14;1-2-6-4-3-5-1/h3-9,14H,2,10-11H2,1H3;1-4H. The maximum absolute atomic E-state index is 11.4. The molecule has 1 unspecified atom stereocenters. The molecule has 0 N–H and O–H groups in total. The maximum atomic E-state index is 11.4. The number of benzene rings is 3. The fourth-order valence-corrected chi connectivity index (χ4v) is 4.22. The van der Waals surface area contributed by atoms with E-state index in [0.29, 0.717) is 30.4 Å². The van der Waals surface area contributed by atoms with E-state index in [4.69, 9.17) is 4.74 Å². The molecule has 7 heteroatoms. The lowest BCUT2D eigenvalue weighted by molar-refractivity contribution is -0.383. The molecule has 4 aromatic rings. The van der Waals surface area contributed by atoms with Gasteiger partial charge in [-0.15, -0.1) is 0 Å². The Bertz CT molecular complexity index is 1300. The number of rotatable bonds is 3. The highest BCUT2D eigenvalue weighted by Gasteiger charge is 2.26. The second kappa shape index (κ2) is 9.47. The van der Waals surface area contributed by atoms with Crippen LogP contribution in [-0.4, -0.2) is 33.5 Å². The lowest BCUT2D eigenvalue weighted by Crippen LogP contribution is -2.22. The van der Waals surface area contributed by atoms with E-state index in [0.717, 1.165) is 27.3 Å². The number of fused-ring (bicyclic) bond motifs is 5. The van der Waals surface area contributed by atoms with Crippen molar-refractivity contribution in [2.45, 2.75) is 25.9 Å². The van der Waals surface area contributed by atoms with Crippen LogP contribution in [0.25, 0.3) is 27.1 Å². The molecule has 32 heavy (non-hydrogen) atoms. The van der Waals surface area contributed by atoms with Crippen LogP contribution < -0.4 is 0 Å². The number of hydrogen-bond donors (Lipinski definition) is 0. The van der Waals surface area contributed by atoms with E-state index in [-0.39, 0.29) is 16.7 Å². The molecule has 0 spiro atoms. The predicted molar refractivity (Wildman–Crippen MR) is 123 cm³/mol. The second-order valence-electron chi connectivity index (χ2n) is 7.34. The van der Waals surface area contributed by atoms with Crippen molar-refractivity contribution >= 4 is 38.7 Å². The van der Waals surface area contributed by atoms with Gasteiger partial charge in [-0.25, -0.2) is 4.79 Å². The highest BCUT2D eigenvalue weighted by Crippen LogP contribution is 2.39. The quantitative estimate of drug-likeness (QED) is 0.199. The van der Waals surface area contributed by atoms with Crippen LogP contribution in [0.5, 0.6) is 0 Å². The van der Waals surface area contributed by atoms with E-state index in [2.05, 4.69) is 15.9 Å². The summed E-state index contributed by atoms with van der Waals surface area (Å²) in [6, 6.07) is 12.7. The molecule has 5 rings (SSSR count). The molecule has 0 bridgehead atoms. The minimum Gasteiger partial charge on any atom is -0.378 e. The molecule has 0 saturated carbocycles. The Balaban J connectivity index is 0.000000354. The van der Waals surface area contributed by atoms with Crippen LogP contribution in [0.4, 0.5) is 5.69 Å². The van der Waals surface area contributed by atoms with E-state index in [9.17, 15) is 14.9 Å². The first-order chi connectivity index (χ1) is 15.6.